The molecule has 0 bridgehead atoms. The van der Waals surface area contributed by atoms with E-state index >= 15 is 0 Å². The van der Waals surface area contributed by atoms with E-state index in [1.54, 1.807) is 6.92 Å². The Kier molecular flexibility index (Phi) is 5.55. The number of anilines is 1. The lowest BCUT2D eigenvalue weighted by molar-refractivity contribution is 0.0527. The van der Waals surface area contributed by atoms with Crippen molar-refractivity contribution in [3.05, 3.63) is 11.3 Å². The van der Waals surface area contributed by atoms with Gasteiger partial charge in [-0.15, -0.1) is 0 Å². The van der Waals surface area contributed by atoms with E-state index in [4.69, 9.17) is 4.74 Å². The molecule has 0 amide bonds. The van der Waals surface area contributed by atoms with E-state index in [-0.39, 0.29) is 12.0 Å². The van der Waals surface area contributed by atoms with Gasteiger partial charge in [0.05, 0.1) is 12.3 Å². The van der Waals surface area contributed by atoms with Crippen molar-refractivity contribution < 1.29 is 9.53 Å². The largest absolute Gasteiger partial charge is 0.462 e. The number of carbonyl (C=O) groups is 1. The zero-order valence-corrected chi connectivity index (χ0v) is 12.4. The van der Waals surface area contributed by atoms with Crippen LogP contribution in [0.4, 0.5) is 5.00 Å². The molecule has 1 heterocycles. The van der Waals surface area contributed by atoms with Crippen LogP contribution in [0.25, 0.3) is 0 Å². The summed E-state index contributed by atoms with van der Waals surface area (Å²) in [5, 5.41) is 4.11. The van der Waals surface area contributed by atoms with E-state index in [0.717, 1.165) is 17.2 Å². The molecule has 0 aliphatic rings. The van der Waals surface area contributed by atoms with Crippen molar-refractivity contribution in [2.75, 3.05) is 32.6 Å². The smallest absolute Gasteiger partial charge is 0.343 e. The van der Waals surface area contributed by atoms with Crippen LogP contribution in [0.5, 0.6) is 0 Å². The summed E-state index contributed by atoms with van der Waals surface area (Å²) >= 11 is 1.31. The fraction of sp³-hybridized carbons (Fsp3) is 0.667. The topological polar surface area (TPSA) is 54.5 Å². The lowest BCUT2D eigenvalue weighted by atomic mass is 10.2. The third-order valence-corrected chi connectivity index (χ3v) is 3.23. The van der Waals surface area contributed by atoms with Crippen molar-refractivity contribution in [2.24, 2.45) is 0 Å². The number of nitrogens with one attached hydrogen (secondary N) is 1. The summed E-state index contributed by atoms with van der Waals surface area (Å²) in [5.41, 5.74) is 1.28. The van der Waals surface area contributed by atoms with Gasteiger partial charge in [0.2, 0.25) is 0 Å². The fourth-order valence-corrected chi connectivity index (χ4v) is 2.62. The standard InChI is InChI=1S/C12H21N3O2S/c1-6-17-12(16)10-9(3)14-18-11(10)13-8(2)7-15(4)5/h8,13H,6-7H2,1-5H3. The second-order valence-electron chi connectivity index (χ2n) is 4.50. The minimum absolute atomic E-state index is 0.244. The molecule has 0 fully saturated rings. The van der Waals surface area contributed by atoms with Gasteiger partial charge < -0.3 is 15.0 Å². The average Bonchev–Trinajstić information content (AvgIpc) is 2.58. The molecular weight excluding hydrogens is 250 g/mol. The molecule has 5 nitrogen and oxygen atoms in total. The fourth-order valence-electron chi connectivity index (χ4n) is 1.73. The number of hydrogen-bond acceptors (Lipinski definition) is 6. The maximum atomic E-state index is 11.8. The van der Waals surface area contributed by atoms with E-state index in [9.17, 15) is 4.79 Å². The summed E-state index contributed by atoms with van der Waals surface area (Å²) < 4.78 is 9.26. The van der Waals surface area contributed by atoms with Crippen molar-refractivity contribution in [1.82, 2.24) is 9.27 Å². The van der Waals surface area contributed by atoms with Crippen LogP contribution in [-0.4, -0.2) is 48.5 Å². The maximum Gasteiger partial charge on any atom is 0.343 e. The van der Waals surface area contributed by atoms with Gasteiger partial charge in [0, 0.05) is 12.6 Å². The van der Waals surface area contributed by atoms with Crippen LogP contribution < -0.4 is 5.32 Å². The molecule has 1 rings (SSSR count). The van der Waals surface area contributed by atoms with Gasteiger partial charge in [-0.25, -0.2) is 4.79 Å². The van der Waals surface area contributed by atoms with E-state index in [0.29, 0.717) is 12.2 Å². The van der Waals surface area contributed by atoms with Crippen molar-refractivity contribution in [2.45, 2.75) is 26.8 Å². The van der Waals surface area contributed by atoms with Crippen LogP contribution >= 0.6 is 11.5 Å². The number of likely N-dealkylation sites (N-methyl/N-ethyl adjacent to an activating group) is 1. The molecule has 1 unspecified atom stereocenters. The van der Waals surface area contributed by atoms with E-state index < -0.39 is 0 Å². The van der Waals surface area contributed by atoms with Gasteiger partial charge in [0.15, 0.2) is 0 Å². The van der Waals surface area contributed by atoms with Crippen molar-refractivity contribution >= 4 is 22.5 Å². The quantitative estimate of drug-likeness (QED) is 0.802. The Bertz CT molecular complexity index is 404. The minimum atomic E-state index is -0.302. The first-order chi connectivity index (χ1) is 8.45. The number of rotatable bonds is 6. The normalized spacial score (nSPS) is 12.6. The summed E-state index contributed by atoms with van der Waals surface area (Å²) in [6.07, 6.45) is 0. The molecule has 0 aliphatic heterocycles. The Morgan fingerprint density at radius 2 is 2.22 bits per heavy atom. The Hall–Kier alpha value is -1.14. The Morgan fingerprint density at radius 3 is 2.78 bits per heavy atom. The van der Waals surface area contributed by atoms with Crippen molar-refractivity contribution in [3.63, 3.8) is 0 Å². The Balaban J connectivity index is 2.80. The number of ether oxygens (including phenoxy) is 1. The molecule has 1 aromatic heterocycles. The highest BCUT2D eigenvalue weighted by Crippen LogP contribution is 2.26. The lowest BCUT2D eigenvalue weighted by Gasteiger charge is -2.18. The molecule has 0 aliphatic carbocycles. The molecule has 0 radical (unpaired) electrons. The molecule has 18 heavy (non-hydrogen) atoms. The number of esters is 1. The summed E-state index contributed by atoms with van der Waals surface area (Å²) in [6.45, 7) is 6.96. The van der Waals surface area contributed by atoms with Gasteiger partial charge in [-0.05, 0) is 46.4 Å². The predicted molar refractivity (Wildman–Crippen MR) is 74.4 cm³/mol. The maximum absolute atomic E-state index is 11.8. The van der Waals surface area contributed by atoms with Crippen LogP contribution in [0.2, 0.25) is 0 Å². The first-order valence-electron chi connectivity index (χ1n) is 6.00. The first kappa shape index (κ1) is 14.9. The van der Waals surface area contributed by atoms with Gasteiger partial charge in [-0.3, -0.25) is 0 Å². The zero-order valence-electron chi connectivity index (χ0n) is 11.6. The zero-order chi connectivity index (χ0) is 13.7. The summed E-state index contributed by atoms with van der Waals surface area (Å²) in [6, 6.07) is 0.244. The third-order valence-electron chi connectivity index (χ3n) is 2.36. The summed E-state index contributed by atoms with van der Waals surface area (Å²) in [5.74, 6) is -0.302. The molecule has 1 atom stereocenters. The average molecular weight is 271 g/mol. The van der Waals surface area contributed by atoms with E-state index in [1.807, 2.05) is 21.0 Å². The molecule has 102 valence electrons. The predicted octanol–water partition coefficient (Wildman–Crippen LogP) is 1.99. The number of hydrogen-bond donors (Lipinski definition) is 1. The molecule has 0 aromatic carbocycles. The van der Waals surface area contributed by atoms with Gasteiger partial charge in [-0.1, -0.05) is 0 Å². The number of carbonyl (C=O) groups excluding carboxylic acids is 1. The molecule has 1 aromatic rings. The van der Waals surface area contributed by atoms with Crippen LogP contribution in [0.1, 0.15) is 29.9 Å². The van der Waals surface area contributed by atoms with E-state index in [2.05, 4.69) is 21.5 Å². The van der Waals surface area contributed by atoms with Crippen molar-refractivity contribution in [1.29, 1.82) is 0 Å². The second-order valence-corrected chi connectivity index (χ2v) is 5.27. The summed E-state index contributed by atoms with van der Waals surface area (Å²) in [7, 11) is 4.03. The van der Waals surface area contributed by atoms with Crippen LogP contribution in [-0.2, 0) is 4.74 Å². The molecule has 0 saturated carbocycles. The molecule has 0 saturated heterocycles. The highest BCUT2D eigenvalue weighted by atomic mass is 32.1. The SMILES string of the molecule is CCOC(=O)c1c(C)nsc1NC(C)CN(C)C. The van der Waals surface area contributed by atoms with E-state index in [1.165, 1.54) is 11.5 Å². The first-order valence-corrected chi connectivity index (χ1v) is 6.77. The Labute approximate surface area is 112 Å². The van der Waals surface area contributed by atoms with Crippen LogP contribution in [0, 0.1) is 6.92 Å². The van der Waals surface area contributed by atoms with Crippen LogP contribution in [0.3, 0.4) is 0 Å². The van der Waals surface area contributed by atoms with Gasteiger partial charge >= 0.3 is 5.97 Å². The molecule has 6 heteroatoms. The van der Waals surface area contributed by atoms with Gasteiger partial charge in [-0.2, -0.15) is 4.37 Å². The number of aromatic nitrogens is 1. The summed E-state index contributed by atoms with van der Waals surface area (Å²) in [4.78, 5) is 13.9. The highest BCUT2D eigenvalue weighted by molar-refractivity contribution is 7.10. The van der Waals surface area contributed by atoms with Gasteiger partial charge in [0.1, 0.15) is 10.6 Å². The monoisotopic (exact) mass is 271 g/mol. The number of aryl methyl sites for hydroxylation is 1. The third kappa shape index (κ3) is 3.96. The highest BCUT2D eigenvalue weighted by Gasteiger charge is 2.20. The van der Waals surface area contributed by atoms with Gasteiger partial charge in [0.25, 0.3) is 0 Å². The van der Waals surface area contributed by atoms with Crippen LogP contribution in [0.15, 0.2) is 0 Å². The molecule has 1 N–H and O–H groups in total. The molecular formula is C12H21N3O2S. The Morgan fingerprint density at radius 1 is 1.56 bits per heavy atom. The second kappa shape index (κ2) is 6.70. The molecule has 0 spiro atoms. The minimum Gasteiger partial charge on any atom is -0.462 e. The lowest BCUT2D eigenvalue weighted by Crippen LogP contribution is -2.29. The van der Waals surface area contributed by atoms with Crippen molar-refractivity contribution in [3.8, 4) is 0 Å². The number of nitrogens with zero attached hydrogens (tertiary/aromatic N) is 2.